The van der Waals surface area contributed by atoms with Crippen molar-refractivity contribution in [1.29, 1.82) is 0 Å². The Labute approximate surface area is 182 Å². The third-order valence-electron chi connectivity index (χ3n) is 4.73. The van der Waals surface area contributed by atoms with Crippen molar-refractivity contribution in [3.63, 3.8) is 0 Å². The molecule has 1 amide bonds. The molecule has 3 aromatic rings. The molecule has 0 aliphatic carbocycles. The zero-order chi connectivity index (χ0) is 21.3. The summed E-state index contributed by atoms with van der Waals surface area (Å²) >= 11 is 11.9. The van der Waals surface area contributed by atoms with E-state index in [0.29, 0.717) is 21.4 Å². The van der Waals surface area contributed by atoms with Crippen molar-refractivity contribution < 1.29 is 9.72 Å². The number of halogens is 2. The van der Waals surface area contributed by atoms with Crippen LogP contribution in [-0.2, 0) is 4.79 Å². The highest BCUT2D eigenvalue weighted by atomic mass is 35.5. The molecule has 0 saturated carbocycles. The fraction of sp³-hybridized carbons (Fsp3) is 0.0455. The zero-order valence-corrected chi connectivity index (χ0v) is 17.0. The van der Waals surface area contributed by atoms with Gasteiger partial charge < -0.3 is 5.32 Å². The maximum absolute atomic E-state index is 13.2. The molecule has 1 atom stereocenters. The number of nitrogens with one attached hydrogen (secondary N) is 1. The van der Waals surface area contributed by atoms with Gasteiger partial charge in [-0.3, -0.25) is 19.8 Å². The van der Waals surface area contributed by atoms with Crippen LogP contribution in [0.3, 0.4) is 0 Å². The number of nitrogens with zero attached hydrogens (tertiary/aromatic N) is 2. The van der Waals surface area contributed by atoms with Gasteiger partial charge in [-0.2, -0.15) is 0 Å². The van der Waals surface area contributed by atoms with Crippen molar-refractivity contribution in [2.45, 2.75) is 6.04 Å². The molecule has 1 aliphatic heterocycles. The maximum Gasteiger partial charge on any atom is 0.275 e. The van der Waals surface area contributed by atoms with Crippen LogP contribution in [-0.4, -0.2) is 10.8 Å². The third-order valence-corrected chi connectivity index (χ3v) is 5.23. The first-order valence-corrected chi connectivity index (χ1v) is 9.76. The summed E-state index contributed by atoms with van der Waals surface area (Å²) < 4.78 is 0. The van der Waals surface area contributed by atoms with Crippen molar-refractivity contribution in [2.75, 3.05) is 10.2 Å². The summed E-state index contributed by atoms with van der Waals surface area (Å²) in [6, 6.07) is 19.7. The van der Waals surface area contributed by atoms with Crippen molar-refractivity contribution >= 4 is 46.2 Å². The molecule has 1 heterocycles. The molecule has 8 heteroatoms. The van der Waals surface area contributed by atoms with E-state index in [-0.39, 0.29) is 11.6 Å². The van der Waals surface area contributed by atoms with Crippen LogP contribution < -0.4 is 10.2 Å². The van der Waals surface area contributed by atoms with Gasteiger partial charge in [-0.15, -0.1) is 0 Å². The topological polar surface area (TPSA) is 75.5 Å². The molecule has 3 aromatic carbocycles. The molecule has 0 saturated heterocycles. The van der Waals surface area contributed by atoms with E-state index >= 15 is 0 Å². The van der Waals surface area contributed by atoms with Gasteiger partial charge in [-0.25, -0.2) is 0 Å². The SMILES string of the molecule is O=C1C(Nc2ccc(Cl)cc2)=C[C@@H](c2ccc([N+](=O)[O-])cc2)N1c1ccc(Cl)cc1. The van der Waals surface area contributed by atoms with Gasteiger partial charge in [-0.05, 0) is 72.3 Å². The van der Waals surface area contributed by atoms with E-state index in [0.717, 1.165) is 11.3 Å². The minimum atomic E-state index is -0.454. The Hall–Kier alpha value is -3.35. The Morgan fingerprint density at radius 1 is 0.867 bits per heavy atom. The minimum absolute atomic E-state index is 0.00962. The fourth-order valence-electron chi connectivity index (χ4n) is 3.26. The van der Waals surface area contributed by atoms with Gasteiger partial charge in [0.15, 0.2) is 0 Å². The minimum Gasteiger partial charge on any atom is -0.351 e. The summed E-state index contributed by atoms with van der Waals surface area (Å²) in [4.78, 5) is 25.4. The third kappa shape index (κ3) is 4.01. The second-order valence-electron chi connectivity index (χ2n) is 6.66. The van der Waals surface area contributed by atoms with Crippen LogP contribution in [0.25, 0.3) is 0 Å². The van der Waals surface area contributed by atoms with Crippen LogP contribution in [0.4, 0.5) is 17.1 Å². The lowest BCUT2D eigenvalue weighted by Gasteiger charge is -2.25. The van der Waals surface area contributed by atoms with Crippen molar-refractivity contribution in [3.8, 4) is 0 Å². The van der Waals surface area contributed by atoms with Gasteiger partial charge in [0.25, 0.3) is 11.6 Å². The molecule has 30 heavy (non-hydrogen) atoms. The van der Waals surface area contributed by atoms with E-state index in [1.54, 1.807) is 71.6 Å². The molecule has 150 valence electrons. The lowest BCUT2D eigenvalue weighted by atomic mass is 10.1. The van der Waals surface area contributed by atoms with E-state index in [2.05, 4.69) is 5.32 Å². The van der Waals surface area contributed by atoms with Gasteiger partial charge in [0.2, 0.25) is 0 Å². The van der Waals surface area contributed by atoms with Gasteiger partial charge in [0.05, 0.1) is 11.0 Å². The number of anilines is 2. The fourth-order valence-corrected chi connectivity index (χ4v) is 3.51. The van der Waals surface area contributed by atoms with Gasteiger partial charge >= 0.3 is 0 Å². The predicted octanol–water partition coefficient (Wildman–Crippen LogP) is 5.99. The summed E-state index contributed by atoms with van der Waals surface area (Å²) in [7, 11) is 0. The Kier molecular flexibility index (Phi) is 5.44. The first-order valence-electron chi connectivity index (χ1n) is 9.00. The summed E-state index contributed by atoms with van der Waals surface area (Å²) in [5.41, 5.74) is 2.52. The number of nitro benzene ring substituents is 1. The molecule has 0 bridgehead atoms. The second kappa shape index (κ2) is 8.18. The Balaban J connectivity index is 1.72. The number of amides is 1. The van der Waals surface area contributed by atoms with E-state index in [1.807, 2.05) is 0 Å². The molecule has 1 N–H and O–H groups in total. The number of hydrogen-bond acceptors (Lipinski definition) is 4. The molecule has 0 fully saturated rings. The molecular weight excluding hydrogens is 425 g/mol. The van der Waals surface area contributed by atoms with Gasteiger partial charge in [0.1, 0.15) is 5.70 Å². The molecule has 1 aliphatic rings. The highest BCUT2D eigenvalue weighted by molar-refractivity contribution is 6.31. The van der Waals surface area contributed by atoms with Crippen molar-refractivity contribution in [1.82, 2.24) is 0 Å². The molecule has 0 aromatic heterocycles. The molecule has 0 radical (unpaired) electrons. The first-order chi connectivity index (χ1) is 14.4. The number of carbonyl (C=O) groups is 1. The predicted molar refractivity (Wildman–Crippen MR) is 118 cm³/mol. The van der Waals surface area contributed by atoms with Crippen LogP contribution in [0.15, 0.2) is 84.6 Å². The van der Waals surface area contributed by atoms with Crippen molar-refractivity contribution in [2.24, 2.45) is 0 Å². The molecule has 0 spiro atoms. The highest BCUT2D eigenvalue weighted by Crippen LogP contribution is 2.37. The van der Waals surface area contributed by atoms with Crippen LogP contribution in [0.1, 0.15) is 11.6 Å². The number of hydrogen-bond donors (Lipinski definition) is 1. The number of nitro groups is 1. The van der Waals surface area contributed by atoms with Gasteiger partial charge in [-0.1, -0.05) is 23.2 Å². The highest BCUT2D eigenvalue weighted by Gasteiger charge is 2.35. The number of rotatable bonds is 5. The van der Waals surface area contributed by atoms with Crippen LogP contribution in [0, 0.1) is 10.1 Å². The average Bonchev–Trinajstić information content (AvgIpc) is 3.06. The zero-order valence-electron chi connectivity index (χ0n) is 15.5. The van der Waals surface area contributed by atoms with Crippen LogP contribution >= 0.6 is 23.2 Å². The molecule has 6 nitrogen and oxygen atoms in total. The number of benzene rings is 3. The standard InChI is InChI=1S/C22H15Cl2N3O3/c23-15-3-7-17(8-4-15)25-20-13-21(14-1-9-19(10-2-14)27(29)30)26(22(20)28)18-11-5-16(24)6-12-18/h1-13,21,25H/t21-/m0/s1. The summed E-state index contributed by atoms with van der Waals surface area (Å²) in [6.07, 6.45) is 1.80. The summed E-state index contributed by atoms with van der Waals surface area (Å²) in [5.74, 6) is -0.226. The van der Waals surface area contributed by atoms with Crippen LogP contribution in [0.2, 0.25) is 10.0 Å². The molecule has 0 unspecified atom stereocenters. The quantitative estimate of drug-likeness (QED) is 0.391. The van der Waals surface area contributed by atoms with Crippen molar-refractivity contribution in [3.05, 3.63) is 110 Å². The number of carbonyl (C=O) groups excluding carboxylic acids is 1. The largest absolute Gasteiger partial charge is 0.351 e. The average molecular weight is 440 g/mol. The van der Waals surface area contributed by atoms with E-state index < -0.39 is 11.0 Å². The Morgan fingerprint density at radius 3 is 2.00 bits per heavy atom. The Morgan fingerprint density at radius 2 is 1.43 bits per heavy atom. The Bertz CT molecular complexity index is 1130. The molecule has 4 rings (SSSR count). The molecular formula is C22H15Cl2N3O3. The van der Waals surface area contributed by atoms with E-state index in [4.69, 9.17) is 23.2 Å². The normalized spacial score (nSPS) is 15.8. The van der Waals surface area contributed by atoms with Gasteiger partial charge in [0, 0.05) is 33.6 Å². The summed E-state index contributed by atoms with van der Waals surface area (Å²) in [5, 5.41) is 15.3. The number of non-ortho nitro benzene ring substituents is 1. The smallest absolute Gasteiger partial charge is 0.275 e. The maximum atomic E-state index is 13.2. The van der Waals surface area contributed by atoms with Crippen LogP contribution in [0.5, 0.6) is 0 Å². The monoisotopic (exact) mass is 439 g/mol. The second-order valence-corrected chi connectivity index (χ2v) is 7.53. The summed E-state index contributed by atoms with van der Waals surface area (Å²) in [6.45, 7) is 0. The van der Waals surface area contributed by atoms with E-state index in [9.17, 15) is 14.9 Å². The first kappa shape index (κ1) is 19.9. The lowest BCUT2D eigenvalue weighted by Crippen LogP contribution is -2.30. The van der Waals surface area contributed by atoms with E-state index in [1.165, 1.54) is 12.1 Å². The lowest BCUT2D eigenvalue weighted by molar-refractivity contribution is -0.384.